The van der Waals surface area contributed by atoms with Gasteiger partial charge in [0.1, 0.15) is 5.82 Å². The fourth-order valence-electron chi connectivity index (χ4n) is 5.34. The van der Waals surface area contributed by atoms with Gasteiger partial charge in [-0.05, 0) is 38.0 Å². The maximum Gasteiger partial charge on any atom is 0.231 e. The Labute approximate surface area is 215 Å². The summed E-state index contributed by atoms with van der Waals surface area (Å²) in [7, 11) is 1.89. The Kier molecular flexibility index (Phi) is 5.62. The molecular weight excluding hydrogens is 468 g/mol. The molecule has 1 amide bonds. The summed E-state index contributed by atoms with van der Waals surface area (Å²) in [6, 6.07) is 6.34. The third-order valence-electron chi connectivity index (χ3n) is 7.80. The van der Waals surface area contributed by atoms with Gasteiger partial charge in [-0.1, -0.05) is 0 Å². The fraction of sp³-hybridized carbons (Fsp3) is 0.407. The van der Waals surface area contributed by atoms with E-state index in [9.17, 15) is 15.2 Å². The van der Waals surface area contributed by atoms with E-state index in [-0.39, 0.29) is 18.6 Å². The number of nitrogens with zero attached hydrogens (tertiary/aromatic N) is 7. The average Bonchev–Trinajstić information content (AvgIpc) is 3.50. The topological polar surface area (TPSA) is 114 Å². The van der Waals surface area contributed by atoms with Crippen LogP contribution in [0.5, 0.6) is 0 Å². The number of aliphatic hydroxyl groups excluding tert-OH is 1. The van der Waals surface area contributed by atoms with E-state index in [0.29, 0.717) is 31.8 Å². The standard InChI is InChI=1S/C27H30N8O2/c1-18-23(12-28)25-22(11-20(16-35(25)31-18)21-14-30-32(2)15-21)19-3-4-24(29-13-19)33-7-9-34(10-8-33)26(37)27(17-36)5-6-27/h3-4,11,13-16,18,31,36H,5-10,17H2,1-2H3. The Morgan fingerprint density at radius 3 is 2.59 bits per heavy atom. The van der Waals surface area contributed by atoms with Crippen molar-refractivity contribution in [1.29, 1.82) is 5.26 Å². The van der Waals surface area contributed by atoms with Crippen molar-refractivity contribution in [3.63, 3.8) is 0 Å². The molecule has 5 heterocycles. The van der Waals surface area contributed by atoms with Crippen LogP contribution in [0.25, 0.3) is 11.1 Å². The van der Waals surface area contributed by atoms with Gasteiger partial charge < -0.3 is 14.9 Å². The van der Waals surface area contributed by atoms with Gasteiger partial charge in [0.2, 0.25) is 5.91 Å². The van der Waals surface area contributed by atoms with Gasteiger partial charge in [-0.15, -0.1) is 0 Å². The number of nitrogens with one attached hydrogen (secondary N) is 1. The first-order chi connectivity index (χ1) is 17.9. The van der Waals surface area contributed by atoms with Crippen LogP contribution < -0.4 is 10.3 Å². The molecule has 0 aromatic carbocycles. The van der Waals surface area contributed by atoms with E-state index in [1.807, 2.05) is 60.8 Å². The van der Waals surface area contributed by atoms with E-state index >= 15 is 0 Å². The maximum absolute atomic E-state index is 12.8. The highest BCUT2D eigenvalue weighted by atomic mass is 16.3. The Bertz CT molecular complexity index is 1370. The number of piperazine rings is 1. The molecule has 3 aliphatic heterocycles. The van der Waals surface area contributed by atoms with Gasteiger partial charge in [-0.3, -0.25) is 14.5 Å². The number of pyridine rings is 1. The number of aliphatic hydroxyl groups is 1. The van der Waals surface area contributed by atoms with Gasteiger partial charge in [0.05, 0.1) is 41.6 Å². The highest BCUT2D eigenvalue weighted by Gasteiger charge is 2.51. The minimum absolute atomic E-state index is 0.0573. The van der Waals surface area contributed by atoms with E-state index in [0.717, 1.165) is 46.6 Å². The van der Waals surface area contributed by atoms with Crippen molar-refractivity contribution in [2.75, 3.05) is 37.7 Å². The first kappa shape index (κ1) is 23.5. The van der Waals surface area contributed by atoms with Crippen molar-refractivity contribution < 1.29 is 9.90 Å². The number of hydrazine groups is 1. The zero-order valence-corrected chi connectivity index (χ0v) is 21.1. The van der Waals surface area contributed by atoms with Crippen LogP contribution in [0.15, 0.2) is 54.3 Å². The number of allylic oxidation sites excluding steroid dienone is 3. The number of hydrogen-bond acceptors (Lipinski definition) is 8. The van der Waals surface area contributed by atoms with Gasteiger partial charge in [-0.25, -0.2) is 10.4 Å². The molecule has 37 heavy (non-hydrogen) atoms. The normalized spacial score (nSPS) is 22.4. The summed E-state index contributed by atoms with van der Waals surface area (Å²) in [5.41, 5.74) is 8.24. The van der Waals surface area contributed by atoms with Crippen LogP contribution in [0, 0.1) is 16.7 Å². The first-order valence-electron chi connectivity index (χ1n) is 12.7. The lowest BCUT2D eigenvalue weighted by atomic mass is 9.93. The van der Waals surface area contributed by atoms with Gasteiger partial charge in [-0.2, -0.15) is 10.4 Å². The molecule has 2 aromatic heterocycles. The van der Waals surface area contributed by atoms with Crippen LogP contribution in [-0.2, 0) is 11.8 Å². The molecule has 10 heteroatoms. The lowest BCUT2D eigenvalue weighted by Gasteiger charge is -2.37. The number of fused-ring (bicyclic) bond motifs is 1. The quantitative estimate of drug-likeness (QED) is 0.640. The molecule has 6 rings (SSSR count). The molecule has 10 nitrogen and oxygen atoms in total. The molecule has 4 aliphatic rings. The minimum atomic E-state index is -0.518. The number of nitriles is 1. The summed E-state index contributed by atoms with van der Waals surface area (Å²) in [5.74, 6) is 0.952. The second-order valence-electron chi connectivity index (χ2n) is 10.3. The second-order valence-corrected chi connectivity index (χ2v) is 10.3. The van der Waals surface area contributed by atoms with E-state index in [1.165, 1.54) is 0 Å². The Morgan fingerprint density at radius 2 is 2.00 bits per heavy atom. The van der Waals surface area contributed by atoms with Crippen molar-refractivity contribution in [3.05, 3.63) is 65.4 Å². The smallest absolute Gasteiger partial charge is 0.231 e. The Morgan fingerprint density at radius 1 is 1.22 bits per heavy atom. The third kappa shape index (κ3) is 4.00. The number of aromatic nitrogens is 3. The number of anilines is 1. The largest absolute Gasteiger partial charge is 0.395 e. The van der Waals surface area contributed by atoms with E-state index in [4.69, 9.17) is 4.98 Å². The monoisotopic (exact) mass is 498 g/mol. The number of carbonyl (C=O) groups excluding carboxylic acids is 1. The van der Waals surface area contributed by atoms with Crippen LogP contribution in [0.2, 0.25) is 0 Å². The molecule has 0 radical (unpaired) electrons. The second kappa shape index (κ2) is 8.87. The number of aryl methyl sites for hydroxylation is 1. The predicted octanol–water partition coefficient (Wildman–Crippen LogP) is 1.66. The molecule has 1 atom stereocenters. The molecule has 2 aromatic rings. The molecule has 1 aliphatic carbocycles. The van der Waals surface area contributed by atoms with Gasteiger partial charge >= 0.3 is 0 Å². The molecule has 2 N–H and O–H groups in total. The molecule has 0 bridgehead atoms. The Balaban J connectivity index is 1.24. The molecule has 1 unspecified atom stereocenters. The SMILES string of the molecule is CC1NN2C=C(c3cnn(C)c3)C=C(c3ccc(N4CCN(C(=O)C5(CO)CC5)CC4)nc3)C2=C1C#N. The summed E-state index contributed by atoms with van der Waals surface area (Å²) >= 11 is 0. The average molecular weight is 499 g/mol. The summed E-state index contributed by atoms with van der Waals surface area (Å²) in [4.78, 5) is 21.6. The molecule has 1 saturated heterocycles. The lowest BCUT2D eigenvalue weighted by Crippen LogP contribution is -2.51. The van der Waals surface area contributed by atoms with E-state index < -0.39 is 5.41 Å². The molecular formula is C27H30N8O2. The summed E-state index contributed by atoms with van der Waals surface area (Å²) < 4.78 is 1.77. The molecule has 0 spiro atoms. The first-order valence-corrected chi connectivity index (χ1v) is 12.7. The Hall–Kier alpha value is -3.94. The van der Waals surface area contributed by atoms with E-state index in [1.54, 1.807) is 4.68 Å². The van der Waals surface area contributed by atoms with Crippen LogP contribution in [-0.4, -0.2) is 74.5 Å². The fourth-order valence-corrected chi connectivity index (χ4v) is 5.34. The minimum Gasteiger partial charge on any atom is -0.395 e. The number of carbonyl (C=O) groups is 1. The van der Waals surface area contributed by atoms with Crippen molar-refractivity contribution in [2.45, 2.75) is 25.8 Å². The van der Waals surface area contributed by atoms with Crippen molar-refractivity contribution in [1.82, 2.24) is 30.1 Å². The number of rotatable bonds is 5. The van der Waals surface area contributed by atoms with Gasteiger partial charge in [0.15, 0.2) is 0 Å². The lowest BCUT2D eigenvalue weighted by molar-refractivity contribution is -0.138. The molecule has 2 fully saturated rings. The van der Waals surface area contributed by atoms with Crippen LogP contribution in [0.1, 0.15) is 30.9 Å². The van der Waals surface area contributed by atoms with Gasteiger partial charge in [0.25, 0.3) is 0 Å². The number of hydrogen-bond donors (Lipinski definition) is 2. The molecule has 190 valence electrons. The summed E-state index contributed by atoms with van der Waals surface area (Å²) in [6.07, 6.45) is 11.3. The van der Waals surface area contributed by atoms with Gasteiger partial charge in [0, 0.05) is 74.1 Å². The van der Waals surface area contributed by atoms with E-state index in [2.05, 4.69) is 27.6 Å². The van der Waals surface area contributed by atoms with Crippen LogP contribution in [0.4, 0.5) is 5.82 Å². The highest BCUT2D eigenvalue weighted by molar-refractivity contribution is 5.93. The maximum atomic E-state index is 12.8. The number of amides is 1. The van der Waals surface area contributed by atoms with Crippen molar-refractivity contribution in [2.24, 2.45) is 12.5 Å². The van der Waals surface area contributed by atoms with Crippen molar-refractivity contribution >= 4 is 22.9 Å². The summed E-state index contributed by atoms with van der Waals surface area (Å²) in [5, 5.41) is 25.7. The van der Waals surface area contributed by atoms with Crippen LogP contribution >= 0.6 is 0 Å². The summed E-state index contributed by atoms with van der Waals surface area (Å²) in [6.45, 7) is 4.59. The predicted molar refractivity (Wildman–Crippen MR) is 138 cm³/mol. The van der Waals surface area contributed by atoms with Crippen LogP contribution in [0.3, 0.4) is 0 Å². The zero-order chi connectivity index (χ0) is 25.7. The third-order valence-corrected chi connectivity index (χ3v) is 7.80. The molecule has 1 saturated carbocycles. The zero-order valence-electron chi connectivity index (χ0n) is 21.1. The highest BCUT2D eigenvalue weighted by Crippen LogP contribution is 2.47. The van der Waals surface area contributed by atoms with Crippen molar-refractivity contribution in [3.8, 4) is 6.07 Å².